The van der Waals surface area contributed by atoms with E-state index in [1.165, 1.54) is 0 Å². The van der Waals surface area contributed by atoms with Crippen LogP contribution in [0.1, 0.15) is 0 Å². The molecule has 4 nitrogen and oxygen atoms in total. The molecule has 0 aromatic heterocycles. The maximum Gasteiger partial charge on any atom is 0.320 e. The second kappa shape index (κ2) is 5.39. The third-order valence-corrected chi connectivity index (χ3v) is 4.46. The molecule has 3 N–H and O–H groups in total. The van der Waals surface area contributed by atoms with E-state index in [1.54, 1.807) is 24.3 Å². The van der Waals surface area contributed by atoms with Gasteiger partial charge in [0.25, 0.3) is 0 Å². The van der Waals surface area contributed by atoms with Crippen LogP contribution in [0.15, 0.2) is 33.6 Å². The van der Waals surface area contributed by atoms with E-state index in [0.717, 1.165) is 0 Å². The second-order valence-corrected chi connectivity index (χ2v) is 5.25. The van der Waals surface area contributed by atoms with Gasteiger partial charge in [0, 0.05) is 11.0 Å². The fraction of sp³-hybridized carbons (Fsp3) is 0.222. The van der Waals surface area contributed by atoms with E-state index in [0.29, 0.717) is 9.37 Å². The molecule has 0 amide bonds. The summed E-state index contributed by atoms with van der Waals surface area (Å²) < 4.78 is 12.5. The number of carboxylic acids is 1. The molecule has 0 bridgehead atoms. The van der Waals surface area contributed by atoms with Gasteiger partial charge in [0.2, 0.25) is 0 Å². The number of halogens is 1. The Bertz CT molecular complexity index is 397. The molecule has 0 heterocycles. The number of aliphatic carboxylic acids is 1. The Labute approximate surface area is 98.1 Å². The van der Waals surface area contributed by atoms with Gasteiger partial charge in [-0.2, -0.15) is 0 Å². The van der Waals surface area contributed by atoms with Crippen molar-refractivity contribution in [3.8, 4) is 0 Å². The van der Waals surface area contributed by atoms with Gasteiger partial charge in [-0.05, 0) is 28.1 Å². The average molecular weight is 292 g/mol. The molecule has 0 saturated carbocycles. The highest BCUT2D eigenvalue weighted by molar-refractivity contribution is 9.10. The molecular weight excluding hydrogens is 282 g/mol. The number of hydrogen-bond donors (Lipinski definition) is 2. The van der Waals surface area contributed by atoms with Crippen molar-refractivity contribution in [3.63, 3.8) is 0 Å². The van der Waals surface area contributed by atoms with Crippen molar-refractivity contribution in [2.24, 2.45) is 5.73 Å². The Morgan fingerprint density at radius 2 is 2.13 bits per heavy atom. The summed E-state index contributed by atoms with van der Waals surface area (Å²) in [5, 5.41) is 7.74. The lowest BCUT2D eigenvalue weighted by molar-refractivity contribution is -0.136. The van der Waals surface area contributed by atoms with Crippen molar-refractivity contribution in [2.45, 2.75) is 10.1 Å². The first-order valence-electron chi connectivity index (χ1n) is 4.16. The normalized spacial score (nSPS) is 14.5. The summed E-state index contributed by atoms with van der Waals surface area (Å²) >= 11 is 3.22. The number of hydrogen-bond acceptors (Lipinski definition) is 3. The van der Waals surface area contributed by atoms with Crippen LogP contribution < -0.4 is 5.73 Å². The molecule has 2 atom stereocenters. The van der Waals surface area contributed by atoms with Crippen molar-refractivity contribution in [1.82, 2.24) is 0 Å². The minimum Gasteiger partial charge on any atom is -0.480 e. The maximum atomic E-state index is 11.9. The van der Waals surface area contributed by atoms with E-state index in [9.17, 15) is 9.00 Å². The molecule has 2 unspecified atom stereocenters. The van der Waals surface area contributed by atoms with Crippen LogP contribution in [-0.2, 0) is 15.6 Å². The SMILES string of the molecule is NCC(C(=O)O)S(=O)c1ccccc1Br. The number of carbonyl (C=O) groups is 1. The van der Waals surface area contributed by atoms with Gasteiger partial charge in [-0.15, -0.1) is 0 Å². The van der Waals surface area contributed by atoms with Crippen molar-refractivity contribution >= 4 is 32.7 Å². The first-order chi connectivity index (χ1) is 7.07. The smallest absolute Gasteiger partial charge is 0.320 e. The number of rotatable bonds is 4. The number of benzene rings is 1. The lowest BCUT2D eigenvalue weighted by atomic mass is 10.4. The largest absolute Gasteiger partial charge is 0.480 e. The van der Waals surface area contributed by atoms with Crippen LogP contribution >= 0.6 is 15.9 Å². The van der Waals surface area contributed by atoms with Crippen LogP contribution in [0.2, 0.25) is 0 Å². The van der Waals surface area contributed by atoms with E-state index >= 15 is 0 Å². The molecule has 0 aliphatic heterocycles. The maximum absolute atomic E-state index is 11.9. The highest BCUT2D eigenvalue weighted by Crippen LogP contribution is 2.21. The summed E-state index contributed by atoms with van der Waals surface area (Å²) in [5.41, 5.74) is 5.27. The zero-order valence-electron chi connectivity index (χ0n) is 7.72. The fourth-order valence-corrected chi connectivity index (χ4v) is 2.94. The van der Waals surface area contributed by atoms with Crippen LogP contribution in [0, 0.1) is 0 Å². The molecule has 0 aliphatic rings. The van der Waals surface area contributed by atoms with Gasteiger partial charge in [-0.3, -0.25) is 9.00 Å². The molecule has 0 aliphatic carbocycles. The molecule has 6 heteroatoms. The zero-order valence-corrected chi connectivity index (χ0v) is 10.1. The highest BCUT2D eigenvalue weighted by atomic mass is 79.9. The van der Waals surface area contributed by atoms with Gasteiger partial charge < -0.3 is 10.8 Å². The third-order valence-electron chi connectivity index (χ3n) is 1.80. The van der Waals surface area contributed by atoms with E-state index in [4.69, 9.17) is 10.8 Å². The van der Waals surface area contributed by atoms with Crippen LogP contribution in [0.25, 0.3) is 0 Å². The molecule has 82 valence electrons. The summed E-state index contributed by atoms with van der Waals surface area (Å²) in [6.45, 7) is -0.150. The Morgan fingerprint density at radius 1 is 1.53 bits per heavy atom. The summed E-state index contributed by atoms with van der Waals surface area (Å²) in [4.78, 5) is 11.2. The number of nitrogens with two attached hydrogens (primary N) is 1. The lowest BCUT2D eigenvalue weighted by Crippen LogP contribution is -2.33. The fourth-order valence-electron chi connectivity index (χ4n) is 1.04. The van der Waals surface area contributed by atoms with Crippen molar-refractivity contribution < 1.29 is 14.1 Å². The topological polar surface area (TPSA) is 80.4 Å². The quantitative estimate of drug-likeness (QED) is 0.866. The molecule has 0 saturated heterocycles. The molecule has 1 aromatic carbocycles. The van der Waals surface area contributed by atoms with E-state index in [-0.39, 0.29) is 6.54 Å². The van der Waals surface area contributed by atoms with Crippen LogP contribution in [-0.4, -0.2) is 27.1 Å². The predicted molar refractivity (Wildman–Crippen MR) is 61.0 cm³/mol. The molecule has 0 fully saturated rings. The molecule has 0 spiro atoms. The van der Waals surface area contributed by atoms with E-state index in [2.05, 4.69) is 15.9 Å². The molecular formula is C9H10BrNO3S. The summed E-state index contributed by atoms with van der Waals surface area (Å²) in [6.07, 6.45) is 0. The van der Waals surface area contributed by atoms with Gasteiger partial charge in [0.15, 0.2) is 0 Å². The lowest BCUT2D eigenvalue weighted by Gasteiger charge is -2.10. The Kier molecular flexibility index (Phi) is 4.44. The van der Waals surface area contributed by atoms with Crippen LogP contribution in [0.3, 0.4) is 0 Å². The highest BCUT2D eigenvalue weighted by Gasteiger charge is 2.25. The zero-order chi connectivity index (χ0) is 11.4. The molecule has 1 rings (SSSR count). The average Bonchev–Trinajstić information content (AvgIpc) is 2.18. The minimum atomic E-state index is -1.63. The van der Waals surface area contributed by atoms with Gasteiger partial charge in [0.05, 0.1) is 15.7 Å². The van der Waals surface area contributed by atoms with E-state index in [1.807, 2.05) is 0 Å². The van der Waals surface area contributed by atoms with Gasteiger partial charge in [-0.25, -0.2) is 0 Å². The van der Waals surface area contributed by atoms with Gasteiger partial charge in [0.1, 0.15) is 5.25 Å². The van der Waals surface area contributed by atoms with Crippen LogP contribution in [0.4, 0.5) is 0 Å². The first-order valence-corrected chi connectivity index (χ1v) is 6.16. The molecule has 1 aromatic rings. The standard InChI is InChI=1S/C9H10BrNO3S/c10-6-3-1-2-4-7(6)15(14)8(5-11)9(12)13/h1-4,8H,5,11H2,(H,12,13). The van der Waals surface area contributed by atoms with Crippen molar-refractivity contribution in [3.05, 3.63) is 28.7 Å². The summed E-state index contributed by atoms with van der Waals surface area (Å²) in [7, 11) is -1.63. The summed E-state index contributed by atoms with van der Waals surface area (Å²) in [6, 6.07) is 6.80. The first kappa shape index (κ1) is 12.4. The monoisotopic (exact) mass is 291 g/mol. The third kappa shape index (κ3) is 2.87. The van der Waals surface area contributed by atoms with E-state index < -0.39 is 22.0 Å². The van der Waals surface area contributed by atoms with Crippen molar-refractivity contribution in [1.29, 1.82) is 0 Å². The van der Waals surface area contributed by atoms with Gasteiger partial charge >= 0.3 is 5.97 Å². The molecule has 15 heavy (non-hydrogen) atoms. The second-order valence-electron chi connectivity index (χ2n) is 2.79. The number of carboxylic acid groups (broad SMARTS) is 1. The summed E-state index contributed by atoms with van der Waals surface area (Å²) in [5.74, 6) is -1.15. The van der Waals surface area contributed by atoms with Crippen LogP contribution in [0.5, 0.6) is 0 Å². The molecule has 0 radical (unpaired) electrons. The van der Waals surface area contributed by atoms with Crippen molar-refractivity contribution in [2.75, 3.05) is 6.54 Å². The Morgan fingerprint density at radius 3 is 2.60 bits per heavy atom. The minimum absolute atomic E-state index is 0.150. The Hall–Kier alpha value is -0.720. The predicted octanol–water partition coefficient (Wildman–Crippen LogP) is 0.969. The van der Waals surface area contributed by atoms with Gasteiger partial charge in [-0.1, -0.05) is 12.1 Å². The Balaban J connectivity index is 3.03.